The number of likely N-dealkylation sites (tertiary alicyclic amines) is 1. The van der Waals surface area contributed by atoms with E-state index in [1.165, 1.54) is 42.5 Å². The summed E-state index contributed by atoms with van der Waals surface area (Å²) in [6, 6.07) is 20.5. The summed E-state index contributed by atoms with van der Waals surface area (Å²) in [5, 5.41) is 13.6. The average molecular weight is 407 g/mol. The highest BCUT2D eigenvalue weighted by molar-refractivity contribution is 5.48. The van der Waals surface area contributed by atoms with Gasteiger partial charge in [0.2, 0.25) is 0 Å². The fraction of sp³-hybridized carbons (Fsp3) is 0.556. The Hall–Kier alpha value is -1.84. The predicted octanol–water partition coefficient (Wildman–Crippen LogP) is 5.10. The normalized spacial score (nSPS) is 27.6. The van der Waals surface area contributed by atoms with E-state index in [1.54, 1.807) is 0 Å². The molecule has 2 fully saturated rings. The van der Waals surface area contributed by atoms with E-state index in [1.807, 2.05) is 0 Å². The smallest absolute Gasteiger partial charge is 0.0474 e. The second kappa shape index (κ2) is 9.53. The highest BCUT2D eigenvalue weighted by Crippen LogP contribution is 2.51. The summed E-state index contributed by atoms with van der Waals surface area (Å²) < 4.78 is 0. The molecule has 1 saturated heterocycles. The largest absolute Gasteiger partial charge is 0.396 e. The van der Waals surface area contributed by atoms with Crippen LogP contribution in [0.15, 0.2) is 54.6 Å². The number of aliphatic hydroxyl groups is 1. The number of nitrogens with zero attached hydrogens (tertiary/aromatic N) is 1. The van der Waals surface area contributed by atoms with Gasteiger partial charge >= 0.3 is 0 Å². The summed E-state index contributed by atoms with van der Waals surface area (Å²) in [6.07, 6.45) is 6.09. The Morgan fingerprint density at radius 3 is 2.73 bits per heavy atom. The molecule has 1 aliphatic carbocycles. The molecule has 3 heteroatoms. The van der Waals surface area contributed by atoms with Gasteiger partial charge in [-0.1, -0.05) is 55.8 Å². The van der Waals surface area contributed by atoms with E-state index in [-0.39, 0.29) is 6.61 Å². The maximum atomic E-state index is 10.1. The van der Waals surface area contributed by atoms with Crippen LogP contribution in [-0.2, 0) is 11.8 Å². The zero-order valence-electron chi connectivity index (χ0n) is 18.7. The Kier molecular flexibility index (Phi) is 6.80. The van der Waals surface area contributed by atoms with Crippen molar-refractivity contribution in [2.75, 3.05) is 31.6 Å². The van der Waals surface area contributed by atoms with Crippen LogP contribution < -0.4 is 5.32 Å². The van der Waals surface area contributed by atoms with Gasteiger partial charge < -0.3 is 10.4 Å². The third kappa shape index (κ3) is 4.29. The Morgan fingerprint density at radius 1 is 1.13 bits per heavy atom. The fourth-order valence-corrected chi connectivity index (χ4v) is 6.22. The highest BCUT2D eigenvalue weighted by Gasteiger charge is 2.49. The van der Waals surface area contributed by atoms with E-state index in [4.69, 9.17) is 0 Å². The Bertz CT molecular complexity index is 808. The predicted molar refractivity (Wildman–Crippen MR) is 126 cm³/mol. The third-order valence-electron chi connectivity index (χ3n) is 7.82. The maximum Gasteiger partial charge on any atom is 0.0474 e. The van der Waals surface area contributed by atoms with Crippen molar-refractivity contribution in [2.24, 2.45) is 11.8 Å². The Morgan fingerprint density at radius 2 is 1.97 bits per heavy atom. The van der Waals surface area contributed by atoms with Crippen LogP contribution in [0.2, 0.25) is 0 Å². The molecule has 30 heavy (non-hydrogen) atoms. The SMILES string of the molecule is CCNc1cccc(C23CCCC(C2C)N(C[C@@H](CO)Cc2ccccc2)CC3)c1. The van der Waals surface area contributed by atoms with E-state index in [2.05, 4.69) is 78.7 Å². The van der Waals surface area contributed by atoms with Crippen LogP contribution in [0.25, 0.3) is 0 Å². The molecule has 1 heterocycles. The van der Waals surface area contributed by atoms with E-state index < -0.39 is 0 Å². The zero-order valence-corrected chi connectivity index (χ0v) is 18.7. The number of hydrogen-bond donors (Lipinski definition) is 2. The van der Waals surface area contributed by atoms with Gasteiger partial charge in [-0.3, -0.25) is 4.90 Å². The van der Waals surface area contributed by atoms with Gasteiger partial charge in [0.25, 0.3) is 0 Å². The van der Waals surface area contributed by atoms with Crippen LogP contribution in [0.3, 0.4) is 0 Å². The van der Waals surface area contributed by atoms with Gasteiger partial charge in [0.1, 0.15) is 0 Å². The fourth-order valence-electron chi connectivity index (χ4n) is 6.22. The Labute approximate surface area is 182 Å². The molecule has 3 nitrogen and oxygen atoms in total. The maximum absolute atomic E-state index is 10.1. The van der Waals surface area contributed by atoms with Crippen LogP contribution in [-0.4, -0.2) is 42.3 Å². The number of hydrogen-bond acceptors (Lipinski definition) is 3. The minimum Gasteiger partial charge on any atom is -0.396 e. The van der Waals surface area contributed by atoms with Gasteiger partial charge in [-0.2, -0.15) is 0 Å². The average Bonchev–Trinajstić information content (AvgIpc) is 2.76. The van der Waals surface area contributed by atoms with Crippen molar-refractivity contribution in [3.63, 3.8) is 0 Å². The summed E-state index contributed by atoms with van der Waals surface area (Å²) in [7, 11) is 0. The van der Waals surface area contributed by atoms with Crippen LogP contribution in [0, 0.1) is 11.8 Å². The molecule has 3 unspecified atom stereocenters. The summed E-state index contributed by atoms with van der Waals surface area (Å²) in [6.45, 7) is 8.03. The number of aliphatic hydroxyl groups excluding tert-OH is 1. The molecule has 0 aromatic heterocycles. The standard InChI is InChI=1S/C27H38N2O/c1-3-28-25-12-7-11-24(18-25)27-14-8-13-26(21(27)2)29(16-15-27)19-23(20-30)17-22-9-5-4-6-10-22/h4-7,9-12,18,21,23,26,28,30H,3,8,13-17,19-20H2,1-2H3/t21?,23-,26?,27?/m0/s1. The summed E-state index contributed by atoms with van der Waals surface area (Å²) in [5.41, 5.74) is 4.42. The van der Waals surface area contributed by atoms with Crippen LogP contribution in [0.4, 0.5) is 5.69 Å². The Balaban J connectivity index is 1.49. The van der Waals surface area contributed by atoms with Gasteiger partial charge in [0.05, 0.1) is 0 Å². The summed E-state index contributed by atoms with van der Waals surface area (Å²) >= 11 is 0. The molecule has 4 atom stereocenters. The van der Waals surface area contributed by atoms with Gasteiger partial charge in [-0.25, -0.2) is 0 Å². The molecule has 2 N–H and O–H groups in total. The number of benzene rings is 2. The molecule has 0 amide bonds. The zero-order chi connectivity index (χ0) is 21.0. The molecule has 1 saturated carbocycles. The van der Waals surface area contributed by atoms with E-state index in [9.17, 15) is 5.11 Å². The minimum atomic E-state index is 0.266. The first kappa shape index (κ1) is 21.4. The second-order valence-corrected chi connectivity index (χ2v) is 9.50. The molecule has 0 radical (unpaired) electrons. The monoisotopic (exact) mass is 406 g/mol. The lowest BCUT2D eigenvalue weighted by atomic mass is 9.57. The molecule has 2 bridgehead atoms. The second-order valence-electron chi connectivity index (χ2n) is 9.50. The molecular weight excluding hydrogens is 368 g/mol. The lowest BCUT2D eigenvalue weighted by Gasteiger charge is -2.56. The first-order chi connectivity index (χ1) is 14.7. The van der Waals surface area contributed by atoms with Crippen molar-refractivity contribution in [1.82, 2.24) is 4.90 Å². The first-order valence-corrected chi connectivity index (χ1v) is 11.9. The van der Waals surface area contributed by atoms with E-state index in [0.717, 1.165) is 26.1 Å². The number of rotatable bonds is 8. The van der Waals surface area contributed by atoms with E-state index >= 15 is 0 Å². The van der Waals surface area contributed by atoms with Crippen molar-refractivity contribution in [3.05, 3.63) is 65.7 Å². The number of anilines is 1. The molecule has 1 aliphatic heterocycles. The van der Waals surface area contributed by atoms with Gasteiger partial charge in [-0.05, 0) is 74.2 Å². The van der Waals surface area contributed by atoms with Gasteiger partial charge in [-0.15, -0.1) is 0 Å². The number of piperidine rings is 1. The van der Waals surface area contributed by atoms with Crippen LogP contribution in [0.1, 0.15) is 50.7 Å². The molecule has 0 spiro atoms. The topological polar surface area (TPSA) is 35.5 Å². The summed E-state index contributed by atoms with van der Waals surface area (Å²) in [5.74, 6) is 0.957. The van der Waals surface area contributed by atoms with Gasteiger partial charge in [0.15, 0.2) is 0 Å². The number of fused-ring (bicyclic) bond motifs is 2. The lowest BCUT2D eigenvalue weighted by molar-refractivity contribution is -0.0153. The molecule has 162 valence electrons. The van der Waals surface area contributed by atoms with Crippen molar-refractivity contribution < 1.29 is 5.11 Å². The number of nitrogens with one attached hydrogen (secondary N) is 1. The van der Waals surface area contributed by atoms with Crippen molar-refractivity contribution in [2.45, 2.75) is 57.4 Å². The summed E-state index contributed by atoms with van der Waals surface area (Å²) in [4.78, 5) is 2.71. The first-order valence-electron chi connectivity index (χ1n) is 11.9. The van der Waals surface area contributed by atoms with Crippen molar-refractivity contribution in [1.29, 1.82) is 0 Å². The molecular formula is C27H38N2O. The molecule has 2 aliphatic rings. The third-order valence-corrected chi connectivity index (χ3v) is 7.82. The van der Waals surface area contributed by atoms with Crippen LogP contribution in [0.5, 0.6) is 0 Å². The van der Waals surface area contributed by atoms with Crippen molar-refractivity contribution in [3.8, 4) is 0 Å². The van der Waals surface area contributed by atoms with E-state index in [0.29, 0.717) is 23.3 Å². The van der Waals surface area contributed by atoms with Crippen molar-refractivity contribution >= 4 is 5.69 Å². The highest BCUT2D eigenvalue weighted by atomic mass is 16.3. The molecule has 2 aromatic rings. The lowest BCUT2D eigenvalue weighted by Crippen LogP contribution is -2.58. The minimum absolute atomic E-state index is 0.266. The molecule has 2 aromatic carbocycles. The quantitative estimate of drug-likeness (QED) is 0.640. The molecule has 4 rings (SSSR count). The van der Waals surface area contributed by atoms with Crippen LogP contribution >= 0.6 is 0 Å². The van der Waals surface area contributed by atoms with Gasteiger partial charge in [0, 0.05) is 36.8 Å².